The van der Waals surface area contributed by atoms with E-state index in [1.54, 1.807) is 25.3 Å². The molecule has 21 heavy (non-hydrogen) atoms. The average Bonchev–Trinajstić information content (AvgIpc) is 2.52. The molecule has 6 heteroatoms. The second-order valence-electron chi connectivity index (χ2n) is 4.95. The summed E-state index contributed by atoms with van der Waals surface area (Å²) in [5.74, 6) is -0.288. The average molecular weight is 294 g/mol. The van der Waals surface area contributed by atoms with E-state index in [2.05, 4.69) is 10.2 Å². The minimum absolute atomic E-state index is 0.266. The minimum Gasteiger partial charge on any atom is -0.497 e. The predicted octanol–water partition coefficient (Wildman–Crippen LogP) is 1.53. The molecule has 0 radical (unpaired) electrons. The summed E-state index contributed by atoms with van der Waals surface area (Å²) in [7, 11) is 1.57. The maximum Gasteiger partial charge on any atom is 0.337 e. The topological polar surface area (TPSA) is 71.0 Å². The number of carbonyl (C=O) groups is 1. The van der Waals surface area contributed by atoms with Crippen LogP contribution in [0, 0.1) is 0 Å². The molecule has 1 aromatic rings. The van der Waals surface area contributed by atoms with E-state index < -0.39 is 5.97 Å². The molecule has 0 aromatic heterocycles. The van der Waals surface area contributed by atoms with Crippen molar-refractivity contribution in [1.29, 1.82) is 0 Å². The molecule has 116 valence electrons. The Balaban J connectivity index is 1.84. The number of morpholine rings is 1. The van der Waals surface area contributed by atoms with Gasteiger partial charge in [0.1, 0.15) is 5.75 Å². The van der Waals surface area contributed by atoms with Gasteiger partial charge in [-0.05, 0) is 25.1 Å². The molecule has 6 nitrogen and oxygen atoms in total. The number of aromatic carboxylic acids is 1. The fourth-order valence-corrected chi connectivity index (χ4v) is 2.33. The van der Waals surface area contributed by atoms with Gasteiger partial charge in [0.25, 0.3) is 0 Å². The first-order chi connectivity index (χ1) is 10.2. The zero-order chi connectivity index (χ0) is 15.1. The highest BCUT2D eigenvalue weighted by atomic mass is 16.5. The first-order valence-electron chi connectivity index (χ1n) is 7.16. The lowest BCUT2D eigenvalue weighted by Crippen LogP contribution is -2.37. The Morgan fingerprint density at radius 3 is 2.86 bits per heavy atom. The van der Waals surface area contributed by atoms with Gasteiger partial charge in [-0.15, -0.1) is 0 Å². The largest absolute Gasteiger partial charge is 0.497 e. The van der Waals surface area contributed by atoms with Crippen LogP contribution in [0.3, 0.4) is 0 Å². The van der Waals surface area contributed by atoms with E-state index in [4.69, 9.17) is 9.47 Å². The lowest BCUT2D eigenvalue weighted by molar-refractivity contribution is 0.0378. The Labute approximate surface area is 124 Å². The van der Waals surface area contributed by atoms with E-state index >= 15 is 0 Å². The third kappa shape index (κ3) is 4.61. The summed E-state index contributed by atoms with van der Waals surface area (Å²) in [6.07, 6.45) is 0.955. The zero-order valence-electron chi connectivity index (χ0n) is 12.3. The van der Waals surface area contributed by atoms with Crippen LogP contribution < -0.4 is 10.1 Å². The zero-order valence-corrected chi connectivity index (χ0v) is 12.3. The van der Waals surface area contributed by atoms with E-state index in [1.807, 2.05) is 0 Å². The van der Waals surface area contributed by atoms with Crippen molar-refractivity contribution in [2.45, 2.75) is 6.42 Å². The van der Waals surface area contributed by atoms with Crippen molar-refractivity contribution in [1.82, 2.24) is 4.90 Å². The number of rotatable bonds is 7. The Morgan fingerprint density at radius 1 is 1.43 bits per heavy atom. The van der Waals surface area contributed by atoms with Crippen LogP contribution >= 0.6 is 0 Å². The molecule has 1 aliphatic heterocycles. The highest BCUT2D eigenvalue weighted by Crippen LogP contribution is 2.22. The van der Waals surface area contributed by atoms with Gasteiger partial charge in [-0.3, -0.25) is 4.90 Å². The number of carboxylic acid groups (broad SMARTS) is 1. The molecule has 1 aliphatic rings. The molecule has 2 rings (SSSR count). The monoisotopic (exact) mass is 294 g/mol. The predicted molar refractivity (Wildman–Crippen MR) is 80.3 cm³/mol. The van der Waals surface area contributed by atoms with E-state index in [-0.39, 0.29) is 5.56 Å². The van der Waals surface area contributed by atoms with Gasteiger partial charge in [0.15, 0.2) is 0 Å². The van der Waals surface area contributed by atoms with Crippen LogP contribution in [0.15, 0.2) is 18.2 Å². The summed E-state index contributed by atoms with van der Waals surface area (Å²) in [5.41, 5.74) is 0.867. The van der Waals surface area contributed by atoms with Crippen LogP contribution in [0.5, 0.6) is 5.75 Å². The highest BCUT2D eigenvalue weighted by molar-refractivity contribution is 5.94. The Bertz CT molecular complexity index is 473. The smallest absolute Gasteiger partial charge is 0.337 e. The second-order valence-corrected chi connectivity index (χ2v) is 4.95. The SMILES string of the molecule is COc1ccc(C(=O)O)c(NCCCN2CCOCC2)c1. The molecule has 0 atom stereocenters. The molecule has 0 unspecified atom stereocenters. The van der Waals surface area contributed by atoms with Gasteiger partial charge in [0, 0.05) is 25.7 Å². The number of nitrogens with one attached hydrogen (secondary N) is 1. The van der Waals surface area contributed by atoms with Crippen molar-refractivity contribution in [3.05, 3.63) is 23.8 Å². The van der Waals surface area contributed by atoms with E-state index in [0.717, 1.165) is 45.8 Å². The molecular weight excluding hydrogens is 272 g/mol. The van der Waals surface area contributed by atoms with Crippen molar-refractivity contribution >= 4 is 11.7 Å². The summed E-state index contributed by atoms with van der Waals surface area (Å²) in [5, 5.41) is 12.4. The third-order valence-electron chi connectivity index (χ3n) is 3.53. The summed E-state index contributed by atoms with van der Waals surface area (Å²) in [4.78, 5) is 13.6. The minimum atomic E-state index is -0.937. The summed E-state index contributed by atoms with van der Waals surface area (Å²) >= 11 is 0. The molecule has 2 N–H and O–H groups in total. The Hall–Kier alpha value is -1.79. The first kappa shape index (κ1) is 15.6. The normalized spacial score (nSPS) is 15.7. The van der Waals surface area contributed by atoms with E-state index in [1.165, 1.54) is 0 Å². The van der Waals surface area contributed by atoms with Gasteiger partial charge in [-0.2, -0.15) is 0 Å². The van der Waals surface area contributed by atoms with Crippen molar-refractivity contribution in [3.63, 3.8) is 0 Å². The van der Waals surface area contributed by atoms with Gasteiger partial charge in [-0.25, -0.2) is 4.79 Å². The van der Waals surface area contributed by atoms with Crippen LogP contribution in [0.2, 0.25) is 0 Å². The molecule has 0 aliphatic carbocycles. The van der Waals surface area contributed by atoms with Crippen molar-refractivity contribution in [3.8, 4) is 5.75 Å². The van der Waals surface area contributed by atoms with Crippen LogP contribution in [0.25, 0.3) is 0 Å². The number of hydrogen-bond acceptors (Lipinski definition) is 5. The van der Waals surface area contributed by atoms with Crippen LogP contribution in [0.4, 0.5) is 5.69 Å². The molecular formula is C15H22N2O4. The number of ether oxygens (including phenoxy) is 2. The van der Waals surface area contributed by atoms with E-state index in [9.17, 15) is 9.90 Å². The molecule has 1 aromatic carbocycles. The number of carboxylic acids is 1. The number of methoxy groups -OCH3 is 1. The van der Waals surface area contributed by atoms with Crippen LogP contribution in [-0.4, -0.2) is 62.5 Å². The van der Waals surface area contributed by atoms with Gasteiger partial charge in [0.2, 0.25) is 0 Å². The molecule has 0 spiro atoms. The number of benzene rings is 1. The van der Waals surface area contributed by atoms with Crippen LogP contribution in [-0.2, 0) is 4.74 Å². The Morgan fingerprint density at radius 2 is 2.19 bits per heavy atom. The number of hydrogen-bond donors (Lipinski definition) is 2. The lowest BCUT2D eigenvalue weighted by atomic mass is 10.1. The second kappa shape index (κ2) is 7.85. The Kier molecular flexibility index (Phi) is 5.83. The molecule has 0 saturated carbocycles. The van der Waals surface area contributed by atoms with Crippen molar-refractivity contribution in [2.75, 3.05) is 51.8 Å². The fourth-order valence-electron chi connectivity index (χ4n) is 2.33. The molecule has 1 fully saturated rings. The summed E-state index contributed by atoms with van der Waals surface area (Å²) < 4.78 is 10.4. The van der Waals surface area contributed by atoms with Gasteiger partial charge in [-0.1, -0.05) is 0 Å². The van der Waals surface area contributed by atoms with Gasteiger partial charge >= 0.3 is 5.97 Å². The third-order valence-corrected chi connectivity index (χ3v) is 3.53. The first-order valence-corrected chi connectivity index (χ1v) is 7.16. The quantitative estimate of drug-likeness (QED) is 0.743. The standard InChI is InChI=1S/C15H22N2O4/c1-20-12-3-4-13(15(18)19)14(11-12)16-5-2-6-17-7-9-21-10-8-17/h3-4,11,16H,2,5-10H2,1H3,(H,18,19). The molecule has 0 bridgehead atoms. The molecule has 0 amide bonds. The maximum absolute atomic E-state index is 11.2. The molecule has 1 saturated heterocycles. The maximum atomic E-state index is 11.2. The van der Waals surface area contributed by atoms with Crippen molar-refractivity contribution in [2.24, 2.45) is 0 Å². The fraction of sp³-hybridized carbons (Fsp3) is 0.533. The van der Waals surface area contributed by atoms with E-state index in [0.29, 0.717) is 11.4 Å². The van der Waals surface area contributed by atoms with Crippen LogP contribution in [0.1, 0.15) is 16.8 Å². The number of nitrogens with zero attached hydrogens (tertiary/aromatic N) is 1. The molecule has 1 heterocycles. The summed E-state index contributed by atoms with van der Waals surface area (Å²) in [6.45, 7) is 5.26. The van der Waals surface area contributed by atoms with Gasteiger partial charge < -0.3 is 19.9 Å². The van der Waals surface area contributed by atoms with Gasteiger partial charge in [0.05, 0.1) is 31.6 Å². The highest BCUT2D eigenvalue weighted by Gasteiger charge is 2.12. The lowest BCUT2D eigenvalue weighted by Gasteiger charge is -2.26. The summed E-state index contributed by atoms with van der Waals surface area (Å²) in [6, 6.07) is 4.94. The number of anilines is 1. The van der Waals surface area contributed by atoms with Crippen molar-refractivity contribution < 1.29 is 19.4 Å².